The fourth-order valence-electron chi connectivity index (χ4n) is 4.88. The molecule has 4 heteroatoms. The van der Waals surface area contributed by atoms with Gasteiger partial charge in [0, 0.05) is 13.0 Å². The smallest absolute Gasteiger partial charge is 0.118 e. The molecule has 0 N–H and O–H groups in total. The zero-order valence-corrected chi connectivity index (χ0v) is 17.1. The molecule has 0 aromatic heterocycles. The molecule has 4 rings (SSSR count). The molecule has 0 radical (unpaired) electrons. The molecule has 28 heavy (non-hydrogen) atoms. The van der Waals surface area contributed by atoms with E-state index in [1.165, 1.54) is 31.3 Å². The molecule has 1 spiro atoms. The third-order valence-corrected chi connectivity index (χ3v) is 6.46. The Morgan fingerprint density at radius 2 is 2.00 bits per heavy atom. The van der Waals surface area contributed by atoms with Crippen LogP contribution in [0.4, 0.5) is 0 Å². The van der Waals surface area contributed by atoms with Crippen LogP contribution >= 0.6 is 0 Å². The summed E-state index contributed by atoms with van der Waals surface area (Å²) < 4.78 is 23.5. The maximum absolute atomic E-state index is 6.28. The monoisotopic (exact) mass is 384 g/mol. The van der Waals surface area contributed by atoms with Crippen molar-refractivity contribution in [3.8, 4) is 5.75 Å². The van der Waals surface area contributed by atoms with Gasteiger partial charge in [0.15, 0.2) is 0 Å². The van der Waals surface area contributed by atoms with Crippen molar-refractivity contribution in [2.45, 2.75) is 56.3 Å². The van der Waals surface area contributed by atoms with Gasteiger partial charge in [-0.05, 0) is 56.2 Å². The number of allylic oxidation sites excluding steroid dienone is 1. The molecule has 4 atom stereocenters. The highest BCUT2D eigenvalue weighted by molar-refractivity contribution is 5.50. The van der Waals surface area contributed by atoms with E-state index in [0.29, 0.717) is 12.5 Å². The van der Waals surface area contributed by atoms with Gasteiger partial charge in [-0.15, -0.1) is 0 Å². The molecule has 1 unspecified atom stereocenters. The maximum Gasteiger partial charge on any atom is 0.118 e. The lowest BCUT2D eigenvalue weighted by Gasteiger charge is -2.42. The minimum absolute atomic E-state index is 0.0165. The van der Waals surface area contributed by atoms with Crippen LogP contribution in [0.1, 0.15) is 44.1 Å². The Morgan fingerprint density at radius 3 is 2.64 bits per heavy atom. The molecule has 1 aromatic carbocycles. The number of hydrogen-bond donors (Lipinski definition) is 0. The summed E-state index contributed by atoms with van der Waals surface area (Å²) in [6.07, 6.45) is 13.8. The Kier molecular flexibility index (Phi) is 6.19. The van der Waals surface area contributed by atoms with E-state index in [9.17, 15) is 0 Å². The van der Waals surface area contributed by atoms with Crippen molar-refractivity contribution >= 4 is 6.08 Å². The van der Waals surface area contributed by atoms with Crippen molar-refractivity contribution in [2.75, 3.05) is 27.4 Å². The van der Waals surface area contributed by atoms with E-state index in [4.69, 9.17) is 18.9 Å². The number of rotatable bonds is 7. The molecule has 1 heterocycles. The first-order chi connectivity index (χ1) is 13.8. The summed E-state index contributed by atoms with van der Waals surface area (Å²) in [5.41, 5.74) is 2.70. The van der Waals surface area contributed by atoms with E-state index in [0.717, 1.165) is 30.8 Å². The standard InChI is InChI=1S/C24H32O4/c1-25-20-12-10-18(11-13-20)7-6-16-27-21-14-15-24(17-28-24)22(23(21)26-2)19-8-4-3-5-9-19/h6-8,10-13,21-23H,3-5,9,14-17H2,1-2H3/b7-6+/t21-,22+,23-,24?/m1/s1. The number of hydrogen-bond acceptors (Lipinski definition) is 4. The summed E-state index contributed by atoms with van der Waals surface area (Å²) in [4.78, 5) is 0. The van der Waals surface area contributed by atoms with Gasteiger partial charge >= 0.3 is 0 Å². The summed E-state index contributed by atoms with van der Waals surface area (Å²) in [5.74, 6) is 1.22. The van der Waals surface area contributed by atoms with Crippen molar-refractivity contribution in [3.63, 3.8) is 0 Å². The zero-order valence-electron chi connectivity index (χ0n) is 17.1. The average Bonchev–Trinajstić information content (AvgIpc) is 3.52. The summed E-state index contributed by atoms with van der Waals surface area (Å²) >= 11 is 0. The summed E-state index contributed by atoms with van der Waals surface area (Å²) in [5, 5.41) is 0. The second-order valence-corrected chi connectivity index (χ2v) is 8.14. The lowest BCUT2D eigenvalue weighted by molar-refractivity contribution is -0.109. The normalized spacial score (nSPS) is 32.5. The van der Waals surface area contributed by atoms with Crippen LogP contribution < -0.4 is 4.74 Å². The molecule has 1 aliphatic heterocycles. The molecule has 1 aromatic rings. The topological polar surface area (TPSA) is 40.2 Å². The van der Waals surface area contributed by atoms with Crippen molar-refractivity contribution < 1.29 is 18.9 Å². The van der Waals surface area contributed by atoms with E-state index in [1.807, 2.05) is 31.4 Å². The molecular formula is C24H32O4. The number of ether oxygens (including phenoxy) is 4. The number of methoxy groups -OCH3 is 2. The van der Waals surface area contributed by atoms with Gasteiger partial charge in [-0.2, -0.15) is 0 Å². The van der Waals surface area contributed by atoms with Gasteiger partial charge in [-0.25, -0.2) is 0 Å². The SMILES string of the molecule is COc1ccc(/C=C/CO[C@@H]2CCC3(CO3)[C@@H](C3=CCCCC3)[C@@H]2OC)cc1. The van der Waals surface area contributed by atoms with Crippen molar-refractivity contribution in [1.29, 1.82) is 0 Å². The van der Waals surface area contributed by atoms with E-state index in [1.54, 1.807) is 7.11 Å². The van der Waals surface area contributed by atoms with E-state index in [-0.39, 0.29) is 17.8 Å². The van der Waals surface area contributed by atoms with Crippen molar-refractivity contribution in [1.82, 2.24) is 0 Å². The molecule has 0 amide bonds. The van der Waals surface area contributed by atoms with Crippen LogP contribution in [0.15, 0.2) is 42.0 Å². The average molecular weight is 385 g/mol. The predicted octanol–water partition coefficient (Wildman–Crippen LogP) is 4.79. The molecule has 2 aliphatic carbocycles. The lowest BCUT2D eigenvalue weighted by Crippen LogP contribution is -2.50. The Balaban J connectivity index is 1.38. The fourth-order valence-corrected chi connectivity index (χ4v) is 4.88. The van der Waals surface area contributed by atoms with Gasteiger partial charge < -0.3 is 18.9 Å². The first-order valence-corrected chi connectivity index (χ1v) is 10.5. The minimum Gasteiger partial charge on any atom is -0.497 e. The second kappa shape index (κ2) is 8.81. The fraction of sp³-hybridized carbons (Fsp3) is 0.583. The zero-order chi connectivity index (χ0) is 19.4. The van der Waals surface area contributed by atoms with Gasteiger partial charge in [0.05, 0.1) is 32.5 Å². The molecule has 3 aliphatic rings. The van der Waals surface area contributed by atoms with Crippen molar-refractivity contribution in [2.24, 2.45) is 5.92 Å². The minimum atomic E-state index is 0.0165. The lowest BCUT2D eigenvalue weighted by atomic mass is 9.69. The van der Waals surface area contributed by atoms with Crippen molar-refractivity contribution in [3.05, 3.63) is 47.6 Å². The summed E-state index contributed by atoms with van der Waals surface area (Å²) in [6.45, 7) is 1.47. The van der Waals surface area contributed by atoms with Crippen LogP contribution in [-0.4, -0.2) is 45.2 Å². The van der Waals surface area contributed by atoms with Gasteiger partial charge in [0.25, 0.3) is 0 Å². The third-order valence-electron chi connectivity index (χ3n) is 6.46. The van der Waals surface area contributed by atoms with Crippen LogP contribution in [-0.2, 0) is 14.2 Å². The predicted molar refractivity (Wildman–Crippen MR) is 111 cm³/mol. The molecule has 1 saturated heterocycles. The Morgan fingerprint density at radius 1 is 1.18 bits per heavy atom. The highest BCUT2D eigenvalue weighted by Crippen LogP contribution is 2.52. The first kappa shape index (κ1) is 19.7. The van der Waals surface area contributed by atoms with Crippen LogP contribution in [0.25, 0.3) is 6.08 Å². The quantitative estimate of drug-likeness (QED) is 0.501. The van der Waals surface area contributed by atoms with Crippen LogP contribution in [0.3, 0.4) is 0 Å². The molecule has 1 saturated carbocycles. The maximum atomic E-state index is 6.28. The van der Waals surface area contributed by atoms with Gasteiger partial charge in [0.1, 0.15) is 11.4 Å². The summed E-state index contributed by atoms with van der Waals surface area (Å²) in [6, 6.07) is 8.04. The molecule has 152 valence electrons. The second-order valence-electron chi connectivity index (χ2n) is 8.14. The Labute approximate surface area is 168 Å². The third kappa shape index (κ3) is 4.19. The summed E-state index contributed by atoms with van der Waals surface area (Å²) in [7, 11) is 3.51. The largest absolute Gasteiger partial charge is 0.497 e. The number of epoxide rings is 1. The van der Waals surface area contributed by atoms with E-state index < -0.39 is 0 Å². The van der Waals surface area contributed by atoms with Crippen LogP contribution in [0.2, 0.25) is 0 Å². The molecule has 4 nitrogen and oxygen atoms in total. The number of benzene rings is 1. The van der Waals surface area contributed by atoms with E-state index in [2.05, 4.69) is 18.2 Å². The van der Waals surface area contributed by atoms with E-state index >= 15 is 0 Å². The van der Waals surface area contributed by atoms with Gasteiger partial charge in [-0.3, -0.25) is 0 Å². The van der Waals surface area contributed by atoms with Gasteiger partial charge in [-0.1, -0.05) is 35.9 Å². The Hall–Kier alpha value is -1.62. The molecular weight excluding hydrogens is 352 g/mol. The molecule has 0 bridgehead atoms. The Bertz CT molecular complexity index is 702. The van der Waals surface area contributed by atoms with Gasteiger partial charge in [0.2, 0.25) is 0 Å². The van der Waals surface area contributed by atoms with Crippen LogP contribution in [0, 0.1) is 5.92 Å². The van der Waals surface area contributed by atoms with Crippen LogP contribution in [0.5, 0.6) is 5.75 Å². The highest BCUT2D eigenvalue weighted by atomic mass is 16.6. The first-order valence-electron chi connectivity index (χ1n) is 10.5. The highest BCUT2D eigenvalue weighted by Gasteiger charge is 2.59. The molecule has 2 fully saturated rings.